The van der Waals surface area contributed by atoms with Crippen molar-refractivity contribution in [1.82, 2.24) is 0 Å². The summed E-state index contributed by atoms with van der Waals surface area (Å²) in [5.41, 5.74) is 2.38. The molecule has 1 aromatic heterocycles. The number of hydrogen-bond acceptors (Lipinski definition) is 6. The van der Waals surface area contributed by atoms with E-state index in [-0.39, 0.29) is 6.61 Å². The maximum absolute atomic E-state index is 12.2. The predicted molar refractivity (Wildman–Crippen MR) is 110 cm³/mol. The molecule has 0 saturated heterocycles. The SMILES string of the molecule is CCc1ccc2c(COC(=O)/C=C/c3ccc(OC)cc3OC)cc(=O)oc2c1. The van der Waals surface area contributed by atoms with Crippen LogP contribution in [-0.4, -0.2) is 20.2 Å². The monoisotopic (exact) mass is 394 g/mol. The minimum Gasteiger partial charge on any atom is -0.497 e. The summed E-state index contributed by atoms with van der Waals surface area (Å²) in [5.74, 6) is 0.698. The highest BCUT2D eigenvalue weighted by Gasteiger charge is 2.09. The van der Waals surface area contributed by atoms with E-state index in [0.29, 0.717) is 28.2 Å². The molecule has 0 atom stereocenters. The van der Waals surface area contributed by atoms with E-state index < -0.39 is 11.6 Å². The van der Waals surface area contributed by atoms with Gasteiger partial charge in [-0.15, -0.1) is 0 Å². The summed E-state index contributed by atoms with van der Waals surface area (Å²) in [6.07, 6.45) is 3.75. The van der Waals surface area contributed by atoms with Gasteiger partial charge in [-0.25, -0.2) is 9.59 Å². The normalized spacial score (nSPS) is 11.0. The van der Waals surface area contributed by atoms with Gasteiger partial charge in [-0.3, -0.25) is 0 Å². The summed E-state index contributed by atoms with van der Waals surface area (Å²) in [5, 5.41) is 0.746. The van der Waals surface area contributed by atoms with Crippen LogP contribution >= 0.6 is 0 Å². The number of hydrogen-bond donors (Lipinski definition) is 0. The van der Waals surface area contributed by atoms with Crippen LogP contribution in [0, 0.1) is 0 Å². The largest absolute Gasteiger partial charge is 0.497 e. The highest BCUT2D eigenvalue weighted by molar-refractivity contribution is 5.88. The van der Waals surface area contributed by atoms with Gasteiger partial charge < -0.3 is 18.6 Å². The van der Waals surface area contributed by atoms with Crippen LogP contribution in [0.3, 0.4) is 0 Å². The summed E-state index contributed by atoms with van der Waals surface area (Å²) >= 11 is 0. The number of methoxy groups -OCH3 is 2. The summed E-state index contributed by atoms with van der Waals surface area (Å²) < 4.78 is 21.0. The Bertz CT molecular complexity index is 1110. The maximum Gasteiger partial charge on any atom is 0.336 e. The topological polar surface area (TPSA) is 75.0 Å². The molecule has 0 spiro atoms. The van der Waals surface area contributed by atoms with Gasteiger partial charge in [0.15, 0.2) is 0 Å². The number of fused-ring (bicyclic) bond motifs is 1. The lowest BCUT2D eigenvalue weighted by atomic mass is 10.1. The number of carbonyl (C=O) groups excluding carboxylic acids is 1. The maximum atomic E-state index is 12.2. The molecular weight excluding hydrogens is 372 g/mol. The van der Waals surface area contributed by atoms with Gasteiger partial charge in [-0.2, -0.15) is 0 Å². The first-order chi connectivity index (χ1) is 14.0. The Kier molecular flexibility index (Phi) is 6.34. The number of esters is 1. The number of benzene rings is 2. The molecule has 0 saturated carbocycles. The van der Waals surface area contributed by atoms with Gasteiger partial charge in [0.25, 0.3) is 0 Å². The molecule has 1 heterocycles. The Labute approximate surface area is 168 Å². The molecule has 3 rings (SSSR count). The fourth-order valence-corrected chi connectivity index (χ4v) is 2.92. The first-order valence-electron chi connectivity index (χ1n) is 9.16. The van der Waals surface area contributed by atoms with Gasteiger partial charge in [-0.1, -0.05) is 19.1 Å². The lowest BCUT2D eigenvalue weighted by molar-refractivity contribution is -0.138. The Morgan fingerprint density at radius 1 is 1.07 bits per heavy atom. The lowest BCUT2D eigenvalue weighted by Crippen LogP contribution is -2.06. The summed E-state index contributed by atoms with van der Waals surface area (Å²) in [4.78, 5) is 24.0. The van der Waals surface area contributed by atoms with E-state index in [2.05, 4.69) is 0 Å². The van der Waals surface area contributed by atoms with E-state index in [1.54, 1.807) is 38.5 Å². The van der Waals surface area contributed by atoms with Crippen LogP contribution in [0.15, 0.2) is 57.8 Å². The molecule has 0 N–H and O–H groups in total. The number of carbonyl (C=O) groups is 1. The zero-order valence-corrected chi connectivity index (χ0v) is 16.6. The van der Waals surface area contributed by atoms with E-state index >= 15 is 0 Å². The van der Waals surface area contributed by atoms with Crippen LogP contribution in [0.25, 0.3) is 17.0 Å². The molecule has 0 bridgehead atoms. The molecule has 0 unspecified atom stereocenters. The first kappa shape index (κ1) is 20.2. The van der Waals surface area contributed by atoms with Crippen LogP contribution in [-0.2, 0) is 22.6 Å². The first-order valence-corrected chi connectivity index (χ1v) is 9.16. The molecule has 150 valence electrons. The number of rotatable bonds is 7. The number of ether oxygens (including phenoxy) is 3. The van der Waals surface area contributed by atoms with Crippen molar-refractivity contribution in [2.75, 3.05) is 14.2 Å². The van der Waals surface area contributed by atoms with Crippen molar-refractivity contribution >= 4 is 23.0 Å². The molecule has 0 amide bonds. The lowest BCUT2D eigenvalue weighted by Gasteiger charge is -2.08. The zero-order valence-electron chi connectivity index (χ0n) is 16.6. The van der Waals surface area contributed by atoms with E-state index in [4.69, 9.17) is 18.6 Å². The quantitative estimate of drug-likeness (QED) is 0.341. The van der Waals surface area contributed by atoms with Gasteiger partial charge in [0, 0.05) is 34.7 Å². The van der Waals surface area contributed by atoms with Crippen LogP contribution in [0.1, 0.15) is 23.6 Å². The van der Waals surface area contributed by atoms with Gasteiger partial charge in [0.2, 0.25) is 0 Å². The van der Waals surface area contributed by atoms with Crippen molar-refractivity contribution in [2.45, 2.75) is 20.0 Å². The van der Waals surface area contributed by atoms with E-state index in [9.17, 15) is 9.59 Å². The van der Waals surface area contributed by atoms with Crippen molar-refractivity contribution in [3.63, 3.8) is 0 Å². The molecule has 0 radical (unpaired) electrons. The Balaban J connectivity index is 1.74. The minimum absolute atomic E-state index is 0.0313. The van der Waals surface area contributed by atoms with Gasteiger partial charge >= 0.3 is 11.6 Å². The minimum atomic E-state index is -0.533. The third-order valence-corrected chi connectivity index (χ3v) is 4.51. The summed E-state index contributed by atoms with van der Waals surface area (Å²) in [6.45, 7) is 1.99. The third kappa shape index (κ3) is 4.85. The van der Waals surface area contributed by atoms with Crippen LogP contribution < -0.4 is 15.1 Å². The van der Waals surface area contributed by atoms with Gasteiger partial charge in [0.05, 0.1) is 14.2 Å². The zero-order chi connectivity index (χ0) is 20.8. The molecular formula is C23H22O6. The highest BCUT2D eigenvalue weighted by Crippen LogP contribution is 2.25. The molecule has 2 aromatic carbocycles. The van der Waals surface area contributed by atoms with Crippen molar-refractivity contribution < 1.29 is 23.4 Å². The second-order valence-corrected chi connectivity index (χ2v) is 6.32. The fourth-order valence-electron chi connectivity index (χ4n) is 2.92. The van der Waals surface area contributed by atoms with Gasteiger partial charge in [0.1, 0.15) is 23.7 Å². The fraction of sp³-hybridized carbons (Fsp3) is 0.217. The molecule has 6 nitrogen and oxygen atoms in total. The smallest absolute Gasteiger partial charge is 0.336 e. The Hall–Kier alpha value is -3.54. The van der Waals surface area contributed by atoms with E-state index in [1.165, 1.54) is 12.1 Å². The van der Waals surface area contributed by atoms with E-state index in [0.717, 1.165) is 17.4 Å². The molecule has 3 aromatic rings. The van der Waals surface area contributed by atoms with Crippen molar-refractivity contribution in [3.8, 4) is 11.5 Å². The van der Waals surface area contributed by atoms with Crippen molar-refractivity contribution in [3.05, 3.63) is 75.7 Å². The number of aryl methyl sites for hydroxylation is 1. The van der Waals surface area contributed by atoms with Crippen LogP contribution in [0.4, 0.5) is 0 Å². The molecule has 0 aliphatic carbocycles. The molecule has 6 heteroatoms. The third-order valence-electron chi connectivity index (χ3n) is 4.51. The van der Waals surface area contributed by atoms with Crippen molar-refractivity contribution in [2.24, 2.45) is 0 Å². The molecule has 29 heavy (non-hydrogen) atoms. The summed E-state index contributed by atoms with van der Waals surface area (Å²) in [6, 6.07) is 12.3. The summed E-state index contributed by atoms with van der Waals surface area (Å²) in [7, 11) is 3.11. The van der Waals surface area contributed by atoms with Crippen LogP contribution in [0.2, 0.25) is 0 Å². The van der Waals surface area contributed by atoms with Crippen molar-refractivity contribution in [1.29, 1.82) is 0 Å². The molecule has 0 fully saturated rings. The Morgan fingerprint density at radius 2 is 1.90 bits per heavy atom. The van der Waals surface area contributed by atoms with E-state index in [1.807, 2.05) is 25.1 Å². The second-order valence-electron chi connectivity index (χ2n) is 6.32. The van der Waals surface area contributed by atoms with Gasteiger partial charge in [-0.05, 0) is 36.3 Å². The average molecular weight is 394 g/mol. The average Bonchev–Trinajstić information content (AvgIpc) is 2.75. The Morgan fingerprint density at radius 3 is 2.62 bits per heavy atom. The standard InChI is InChI=1S/C23H22O6/c1-4-15-5-9-19-17(12-23(25)29-21(19)11-15)14-28-22(24)10-7-16-6-8-18(26-2)13-20(16)27-3/h5-13H,4,14H2,1-3H3/b10-7+. The predicted octanol–water partition coefficient (Wildman–Crippen LogP) is 4.13. The second kappa shape index (κ2) is 9.10. The molecule has 0 aliphatic rings. The highest BCUT2D eigenvalue weighted by atomic mass is 16.5. The van der Waals surface area contributed by atoms with Crippen LogP contribution in [0.5, 0.6) is 11.5 Å². The molecule has 0 aliphatic heterocycles.